The summed E-state index contributed by atoms with van der Waals surface area (Å²) in [6.45, 7) is 4.50. The molecule has 0 aromatic rings. The number of allylic oxidation sites excluding steroid dienone is 36. The summed E-state index contributed by atoms with van der Waals surface area (Å²) >= 11 is 0. The first-order chi connectivity index (χ1) is 50.6. The van der Waals surface area contributed by atoms with Gasteiger partial charge in [0.05, 0.1) is 40.3 Å². The summed E-state index contributed by atoms with van der Waals surface area (Å²) in [5.74, 6) is -2.31. The highest BCUT2D eigenvalue weighted by molar-refractivity contribution is 5.70. The van der Waals surface area contributed by atoms with Gasteiger partial charge in [0.25, 0.3) is 0 Å². The lowest BCUT2D eigenvalue weighted by molar-refractivity contribution is -0.870. The van der Waals surface area contributed by atoms with Gasteiger partial charge in [0.1, 0.15) is 13.2 Å². The minimum atomic E-state index is -1.64. The Labute approximate surface area is 632 Å². The molecule has 0 rings (SSSR count). The summed E-state index contributed by atoms with van der Waals surface area (Å²) < 4.78 is 22.8. The molecule has 0 bridgehead atoms. The van der Waals surface area contributed by atoms with Crippen molar-refractivity contribution >= 4 is 17.9 Å². The molecule has 9 nitrogen and oxygen atoms in total. The number of hydrogen-bond donors (Lipinski definition) is 0. The van der Waals surface area contributed by atoms with E-state index in [1.165, 1.54) is 96.3 Å². The molecule has 103 heavy (non-hydrogen) atoms. The van der Waals surface area contributed by atoms with Crippen LogP contribution in [0, 0.1) is 0 Å². The predicted octanol–water partition coefficient (Wildman–Crippen LogP) is 25.5. The lowest BCUT2D eigenvalue weighted by Gasteiger charge is -2.26. The maximum atomic E-state index is 13.0. The van der Waals surface area contributed by atoms with Crippen LogP contribution in [0.25, 0.3) is 0 Å². The number of carbonyl (C=O) groups excluding carboxylic acids is 3. The van der Waals surface area contributed by atoms with E-state index in [-0.39, 0.29) is 38.6 Å². The highest BCUT2D eigenvalue weighted by atomic mass is 16.7. The minimum Gasteiger partial charge on any atom is -0.545 e. The number of nitrogens with zero attached hydrogens (tertiary/aromatic N) is 1. The molecule has 0 fully saturated rings. The van der Waals surface area contributed by atoms with Crippen LogP contribution in [0.15, 0.2) is 219 Å². The predicted molar refractivity (Wildman–Crippen MR) is 443 cm³/mol. The monoisotopic (exact) mass is 1420 g/mol. The molecule has 0 spiro atoms. The molecule has 0 aromatic heterocycles. The Kier molecular flexibility index (Phi) is 76.2. The minimum absolute atomic E-state index is 0.137. The van der Waals surface area contributed by atoms with Gasteiger partial charge in [-0.3, -0.25) is 9.59 Å². The van der Waals surface area contributed by atoms with Crippen molar-refractivity contribution in [2.24, 2.45) is 0 Å². The Hall–Kier alpha value is -6.39. The molecule has 0 amide bonds. The Balaban J connectivity index is 4.13. The Morgan fingerprint density at radius 1 is 0.291 bits per heavy atom. The molecule has 0 saturated carbocycles. The fraction of sp³-hybridized carbons (Fsp3) is 0.585. The molecule has 0 aliphatic heterocycles. The average Bonchev–Trinajstić information content (AvgIpc) is 1.01. The zero-order valence-electron chi connectivity index (χ0n) is 66.1. The third-order valence-corrected chi connectivity index (χ3v) is 16.7. The highest BCUT2D eigenvalue weighted by Crippen LogP contribution is 2.17. The number of unbranched alkanes of at least 4 members (excludes halogenated alkanes) is 22. The fourth-order valence-electron chi connectivity index (χ4n) is 10.6. The van der Waals surface area contributed by atoms with Gasteiger partial charge in [0, 0.05) is 12.8 Å². The van der Waals surface area contributed by atoms with Crippen molar-refractivity contribution in [3.63, 3.8) is 0 Å². The second-order valence-electron chi connectivity index (χ2n) is 27.6. The summed E-state index contributed by atoms with van der Waals surface area (Å²) in [6, 6.07) is 0. The highest BCUT2D eigenvalue weighted by Gasteiger charge is 2.22. The second-order valence-corrected chi connectivity index (χ2v) is 27.6. The summed E-state index contributed by atoms with van der Waals surface area (Å²) in [4.78, 5) is 37.6. The van der Waals surface area contributed by atoms with Crippen LogP contribution >= 0.6 is 0 Å². The van der Waals surface area contributed by atoms with Crippen LogP contribution in [0.1, 0.15) is 296 Å². The molecule has 0 heterocycles. The van der Waals surface area contributed by atoms with Gasteiger partial charge in [-0.2, -0.15) is 0 Å². The lowest BCUT2D eigenvalue weighted by atomic mass is 10.0. The number of esters is 2. The number of aliphatic carboxylic acids is 1. The normalized spacial score (nSPS) is 13.8. The first-order valence-corrected chi connectivity index (χ1v) is 40.9. The number of carboxylic acid groups (broad SMARTS) is 1. The standard InChI is InChI=1S/C94H149NO8/c1-6-8-10-12-14-16-18-20-22-24-26-28-30-32-34-36-38-40-42-44-45-46-47-49-51-53-55-57-59-61-63-65-67-69-71-73-75-77-79-81-83-85-92(97)103-90(89-102-94(93(98)99)100-87-86-95(3,4)5)88-101-91(96)84-82-80-78-76-74-72-70-68-66-64-62-60-58-56-54-52-50-48-43-41-39-37-35-33-31-29-27-25-23-21-19-17-15-13-11-9-7-2/h8-11,14-17,20-23,26-29,32-35,38-41,44-45,47-50,53-56,60,62,90,94H,6-7,12-13,18-19,24-25,30-31,36-37,42-43,46,51-52,57-59,61,63-89H2,1-5H3/b10-8-,11-9-,16-14-,17-15-,22-20-,23-21-,28-26-,29-27-,34-32-,35-33-,40-38-,41-39-,45-44-,49-47-,50-48-,55-53-,56-54-,62-60-. The van der Waals surface area contributed by atoms with E-state index >= 15 is 0 Å². The van der Waals surface area contributed by atoms with E-state index in [9.17, 15) is 19.5 Å². The van der Waals surface area contributed by atoms with E-state index in [2.05, 4.69) is 233 Å². The van der Waals surface area contributed by atoms with Crippen LogP contribution < -0.4 is 5.11 Å². The third kappa shape index (κ3) is 82.8. The molecule has 0 aliphatic carbocycles. The Bertz CT molecular complexity index is 2510. The van der Waals surface area contributed by atoms with Gasteiger partial charge < -0.3 is 33.3 Å². The summed E-state index contributed by atoms with van der Waals surface area (Å²) in [5, 5.41) is 11.9. The maximum absolute atomic E-state index is 13.0. The van der Waals surface area contributed by atoms with Crippen LogP contribution in [0.3, 0.4) is 0 Å². The van der Waals surface area contributed by atoms with E-state index in [4.69, 9.17) is 18.9 Å². The molecular formula is C94H149NO8. The first-order valence-electron chi connectivity index (χ1n) is 40.9. The van der Waals surface area contributed by atoms with Crippen LogP contribution in [0.2, 0.25) is 0 Å². The first kappa shape index (κ1) is 96.6. The molecule has 0 aliphatic rings. The molecule has 0 saturated heterocycles. The van der Waals surface area contributed by atoms with Gasteiger partial charge in [0.2, 0.25) is 0 Å². The van der Waals surface area contributed by atoms with Crippen LogP contribution in [-0.4, -0.2) is 82.3 Å². The van der Waals surface area contributed by atoms with E-state index in [1.807, 2.05) is 21.1 Å². The van der Waals surface area contributed by atoms with Crippen LogP contribution in [0.4, 0.5) is 0 Å². The third-order valence-electron chi connectivity index (χ3n) is 16.7. The summed E-state index contributed by atoms with van der Waals surface area (Å²) in [7, 11) is 5.92. The van der Waals surface area contributed by atoms with E-state index in [0.717, 1.165) is 167 Å². The fourth-order valence-corrected chi connectivity index (χ4v) is 10.6. The number of quaternary nitrogens is 1. The topological polar surface area (TPSA) is 111 Å². The van der Waals surface area contributed by atoms with E-state index < -0.39 is 24.3 Å². The van der Waals surface area contributed by atoms with Gasteiger partial charge in [-0.05, 0) is 154 Å². The largest absolute Gasteiger partial charge is 0.545 e. The second kappa shape index (κ2) is 81.3. The van der Waals surface area contributed by atoms with Crippen molar-refractivity contribution < 1.29 is 42.9 Å². The van der Waals surface area contributed by atoms with E-state index in [1.54, 1.807) is 0 Å². The maximum Gasteiger partial charge on any atom is 0.306 e. The molecule has 578 valence electrons. The number of rotatable bonds is 73. The molecule has 9 heteroatoms. The Morgan fingerprint density at radius 3 is 0.777 bits per heavy atom. The number of carbonyl (C=O) groups is 3. The quantitative estimate of drug-likeness (QED) is 0.0195. The van der Waals surface area contributed by atoms with Crippen LogP contribution in [-0.2, 0) is 33.3 Å². The van der Waals surface area contributed by atoms with Gasteiger partial charge in [-0.15, -0.1) is 0 Å². The zero-order valence-corrected chi connectivity index (χ0v) is 66.1. The van der Waals surface area contributed by atoms with Gasteiger partial charge in [-0.1, -0.05) is 348 Å². The molecular weight excluding hydrogens is 1270 g/mol. The number of likely N-dealkylation sites (N-methyl/N-ethyl adjacent to an activating group) is 1. The van der Waals surface area contributed by atoms with Crippen molar-refractivity contribution in [1.82, 2.24) is 0 Å². The van der Waals surface area contributed by atoms with Crippen molar-refractivity contribution in [3.05, 3.63) is 219 Å². The van der Waals surface area contributed by atoms with Gasteiger partial charge >= 0.3 is 11.9 Å². The SMILES string of the molecule is CC/C=C\C/C=C\C/C=C\C/C=C\C/C=C\C/C=C\C/C=C\C/C=C\C/C=C\CCCCCCCCCCCCCCCC(=O)OC(COC(=O)CCCCCCCCCCC/C=C\C/C=C\C/C=C\C/C=C\C/C=C\C/C=C\C/C=C\C/C=C\C/C=C\CC)COC(OCC[N+](C)(C)C)C(=O)[O-]. The average molecular weight is 1420 g/mol. The molecule has 0 aromatic carbocycles. The number of ether oxygens (including phenoxy) is 4. The van der Waals surface area contributed by atoms with Gasteiger partial charge in [-0.25, -0.2) is 0 Å². The zero-order chi connectivity index (χ0) is 74.6. The lowest BCUT2D eigenvalue weighted by Crippen LogP contribution is -2.44. The van der Waals surface area contributed by atoms with Gasteiger partial charge in [0.15, 0.2) is 12.4 Å². The van der Waals surface area contributed by atoms with E-state index in [0.29, 0.717) is 17.4 Å². The molecule has 0 radical (unpaired) electrons. The summed E-state index contributed by atoms with van der Waals surface area (Å²) in [6.07, 6.45) is 125. The number of hydrogen-bond acceptors (Lipinski definition) is 8. The van der Waals surface area contributed by atoms with Crippen molar-refractivity contribution in [3.8, 4) is 0 Å². The summed E-state index contributed by atoms with van der Waals surface area (Å²) in [5.41, 5.74) is 0. The molecule has 2 atom stereocenters. The van der Waals surface area contributed by atoms with Crippen LogP contribution in [0.5, 0.6) is 0 Å². The molecule has 0 N–H and O–H groups in total. The molecule has 2 unspecified atom stereocenters. The van der Waals surface area contributed by atoms with Crippen molar-refractivity contribution in [2.45, 2.75) is 309 Å². The van der Waals surface area contributed by atoms with Crippen molar-refractivity contribution in [2.75, 3.05) is 47.5 Å². The Morgan fingerprint density at radius 2 is 0.524 bits per heavy atom. The van der Waals surface area contributed by atoms with Crippen molar-refractivity contribution in [1.29, 1.82) is 0 Å². The number of carboxylic acids is 1. The smallest absolute Gasteiger partial charge is 0.306 e.